The van der Waals surface area contributed by atoms with Gasteiger partial charge in [0.05, 0.1) is 17.4 Å². The number of rotatable bonds is 4. The second kappa shape index (κ2) is 6.78. The van der Waals surface area contributed by atoms with Crippen LogP contribution >= 0.6 is 0 Å². The zero-order valence-corrected chi connectivity index (χ0v) is 13.1. The lowest BCUT2D eigenvalue weighted by Crippen LogP contribution is -2.17. The summed E-state index contributed by atoms with van der Waals surface area (Å²) < 4.78 is 1.64. The normalized spacial score (nSPS) is 10.2. The van der Waals surface area contributed by atoms with Gasteiger partial charge in [0.1, 0.15) is 0 Å². The molecule has 3 rings (SSSR count). The van der Waals surface area contributed by atoms with Gasteiger partial charge in [-0.15, -0.1) is 0 Å². The fraction of sp³-hybridized carbons (Fsp3) is 0.0556. The largest absolute Gasteiger partial charge is 0.355 e. The second-order valence-electron chi connectivity index (χ2n) is 5.12. The van der Waals surface area contributed by atoms with Crippen LogP contribution in [0.25, 0.3) is 5.69 Å². The van der Waals surface area contributed by atoms with Crippen LogP contribution in [0.3, 0.4) is 0 Å². The van der Waals surface area contributed by atoms with Crippen LogP contribution in [0.5, 0.6) is 0 Å². The Morgan fingerprint density at radius 3 is 2.29 bits per heavy atom. The van der Waals surface area contributed by atoms with Crippen LogP contribution in [0.1, 0.15) is 20.7 Å². The molecule has 0 bridgehead atoms. The van der Waals surface area contributed by atoms with Gasteiger partial charge in [0.25, 0.3) is 11.8 Å². The van der Waals surface area contributed by atoms with Gasteiger partial charge >= 0.3 is 0 Å². The van der Waals surface area contributed by atoms with Crippen LogP contribution in [0.2, 0.25) is 0 Å². The topological polar surface area (TPSA) is 76.0 Å². The Kier molecular flexibility index (Phi) is 4.38. The standard InChI is InChI=1S/C18H16N4O2/c1-19-17(23)13-7-9-15(10-8-13)21-18(24)14-11-20-22(12-14)16-5-3-2-4-6-16/h2-12H,1H3,(H,19,23)(H,21,24). The summed E-state index contributed by atoms with van der Waals surface area (Å²) >= 11 is 0. The van der Waals surface area contributed by atoms with E-state index in [1.54, 1.807) is 42.2 Å². The van der Waals surface area contributed by atoms with Crippen molar-refractivity contribution in [2.24, 2.45) is 0 Å². The van der Waals surface area contributed by atoms with Gasteiger partial charge in [0, 0.05) is 24.5 Å². The fourth-order valence-electron chi connectivity index (χ4n) is 2.21. The van der Waals surface area contributed by atoms with Crippen molar-refractivity contribution in [3.63, 3.8) is 0 Å². The number of anilines is 1. The Hall–Kier alpha value is -3.41. The molecule has 0 spiro atoms. The monoisotopic (exact) mass is 320 g/mol. The molecule has 0 aliphatic rings. The third-order valence-electron chi connectivity index (χ3n) is 3.50. The molecule has 2 amide bonds. The lowest BCUT2D eigenvalue weighted by Gasteiger charge is -2.05. The average molecular weight is 320 g/mol. The number of carbonyl (C=O) groups is 2. The molecular formula is C18H16N4O2. The lowest BCUT2D eigenvalue weighted by atomic mass is 10.2. The molecule has 6 nitrogen and oxygen atoms in total. The number of nitrogens with zero attached hydrogens (tertiary/aromatic N) is 2. The van der Waals surface area contributed by atoms with Crippen molar-refractivity contribution in [2.75, 3.05) is 12.4 Å². The maximum absolute atomic E-state index is 12.3. The quantitative estimate of drug-likeness (QED) is 0.775. The number of aromatic nitrogens is 2. The molecule has 2 N–H and O–H groups in total. The first-order valence-electron chi connectivity index (χ1n) is 7.41. The number of para-hydroxylation sites is 1. The Morgan fingerprint density at radius 2 is 1.62 bits per heavy atom. The lowest BCUT2D eigenvalue weighted by molar-refractivity contribution is 0.0962. The molecule has 0 saturated heterocycles. The number of amides is 2. The van der Waals surface area contributed by atoms with Gasteiger partial charge in [-0.3, -0.25) is 9.59 Å². The van der Waals surface area contributed by atoms with E-state index in [1.165, 1.54) is 6.20 Å². The smallest absolute Gasteiger partial charge is 0.258 e. The van der Waals surface area contributed by atoms with Gasteiger partial charge in [0.2, 0.25) is 0 Å². The summed E-state index contributed by atoms with van der Waals surface area (Å²) in [4.78, 5) is 23.8. The van der Waals surface area contributed by atoms with E-state index in [0.29, 0.717) is 16.8 Å². The van der Waals surface area contributed by atoms with E-state index < -0.39 is 0 Å². The Labute approximate surface area is 139 Å². The summed E-state index contributed by atoms with van der Waals surface area (Å²) in [6, 6.07) is 16.2. The first kappa shape index (κ1) is 15.5. The van der Waals surface area contributed by atoms with Crippen molar-refractivity contribution in [3.8, 4) is 5.69 Å². The molecule has 3 aromatic rings. The molecule has 0 aliphatic heterocycles. The maximum Gasteiger partial charge on any atom is 0.258 e. The summed E-state index contributed by atoms with van der Waals surface area (Å²) in [5.41, 5.74) is 2.48. The van der Waals surface area contributed by atoms with Crippen LogP contribution < -0.4 is 10.6 Å². The van der Waals surface area contributed by atoms with E-state index in [0.717, 1.165) is 5.69 Å². The molecule has 0 saturated carbocycles. The summed E-state index contributed by atoms with van der Waals surface area (Å²) in [6.45, 7) is 0. The summed E-state index contributed by atoms with van der Waals surface area (Å²) in [5, 5.41) is 9.53. The number of nitrogens with one attached hydrogen (secondary N) is 2. The van der Waals surface area contributed by atoms with E-state index in [4.69, 9.17) is 0 Å². The van der Waals surface area contributed by atoms with E-state index in [2.05, 4.69) is 15.7 Å². The molecular weight excluding hydrogens is 304 g/mol. The van der Waals surface area contributed by atoms with Crippen molar-refractivity contribution in [2.45, 2.75) is 0 Å². The minimum atomic E-state index is -0.259. The molecule has 24 heavy (non-hydrogen) atoms. The highest BCUT2D eigenvalue weighted by Crippen LogP contribution is 2.13. The van der Waals surface area contributed by atoms with Gasteiger partial charge in [-0.25, -0.2) is 4.68 Å². The maximum atomic E-state index is 12.3. The minimum Gasteiger partial charge on any atom is -0.355 e. The van der Waals surface area contributed by atoms with E-state index in [1.807, 2.05) is 30.3 Å². The van der Waals surface area contributed by atoms with Gasteiger partial charge < -0.3 is 10.6 Å². The third-order valence-corrected chi connectivity index (χ3v) is 3.50. The zero-order valence-electron chi connectivity index (χ0n) is 13.1. The molecule has 0 atom stereocenters. The SMILES string of the molecule is CNC(=O)c1ccc(NC(=O)c2cnn(-c3ccccc3)c2)cc1. The van der Waals surface area contributed by atoms with E-state index >= 15 is 0 Å². The number of carbonyl (C=O) groups excluding carboxylic acids is 2. The van der Waals surface area contributed by atoms with Crippen LogP contribution in [0.4, 0.5) is 5.69 Å². The third kappa shape index (κ3) is 3.33. The van der Waals surface area contributed by atoms with Crippen LogP contribution in [-0.2, 0) is 0 Å². The van der Waals surface area contributed by atoms with Gasteiger partial charge in [-0.1, -0.05) is 18.2 Å². The van der Waals surface area contributed by atoms with E-state index in [-0.39, 0.29) is 11.8 Å². The summed E-state index contributed by atoms with van der Waals surface area (Å²) in [7, 11) is 1.57. The molecule has 0 fully saturated rings. The average Bonchev–Trinajstić information content (AvgIpc) is 3.13. The van der Waals surface area contributed by atoms with Crippen LogP contribution in [0.15, 0.2) is 67.0 Å². The van der Waals surface area contributed by atoms with Crippen molar-refractivity contribution in [3.05, 3.63) is 78.1 Å². The van der Waals surface area contributed by atoms with Gasteiger partial charge in [-0.2, -0.15) is 5.10 Å². The molecule has 2 aromatic carbocycles. The first-order valence-corrected chi connectivity index (χ1v) is 7.41. The zero-order chi connectivity index (χ0) is 16.9. The highest BCUT2D eigenvalue weighted by molar-refractivity contribution is 6.04. The number of hydrogen-bond donors (Lipinski definition) is 2. The van der Waals surface area contributed by atoms with Crippen LogP contribution in [0, 0.1) is 0 Å². The Balaban J connectivity index is 1.71. The van der Waals surface area contributed by atoms with Crippen LogP contribution in [-0.4, -0.2) is 28.6 Å². The first-order chi connectivity index (χ1) is 11.7. The molecule has 1 heterocycles. The fourth-order valence-corrected chi connectivity index (χ4v) is 2.21. The molecule has 0 aliphatic carbocycles. The predicted molar refractivity (Wildman–Crippen MR) is 91.3 cm³/mol. The number of benzene rings is 2. The highest BCUT2D eigenvalue weighted by atomic mass is 16.2. The number of hydrogen-bond acceptors (Lipinski definition) is 3. The van der Waals surface area contributed by atoms with Gasteiger partial charge in [-0.05, 0) is 36.4 Å². The van der Waals surface area contributed by atoms with E-state index in [9.17, 15) is 9.59 Å². The molecule has 120 valence electrons. The summed E-state index contributed by atoms with van der Waals surface area (Å²) in [5.74, 6) is -0.429. The van der Waals surface area contributed by atoms with Crippen molar-refractivity contribution in [1.82, 2.24) is 15.1 Å². The second-order valence-corrected chi connectivity index (χ2v) is 5.12. The van der Waals surface area contributed by atoms with Crippen molar-refractivity contribution < 1.29 is 9.59 Å². The van der Waals surface area contributed by atoms with Gasteiger partial charge in [0.15, 0.2) is 0 Å². The Morgan fingerprint density at radius 1 is 0.917 bits per heavy atom. The minimum absolute atomic E-state index is 0.169. The molecule has 1 aromatic heterocycles. The predicted octanol–water partition coefficient (Wildman–Crippen LogP) is 2.48. The van der Waals surface area contributed by atoms with Crippen molar-refractivity contribution >= 4 is 17.5 Å². The Bertz CT molecular complexity index is 854. The molecule has 0 unspecified atom stereocenters. The molecule has 6 heteroatoms. The summed E-state index contributed by atoms with van der Waals surface area (Å²) in [6.07, 6.45) is 3.19. The molecule has 0 radical (unpaired) electrons. The van der Waals surface area contributed by atoms with Crippen molar-refractivity contribution in [1.29, 1.82) is 0 Å². The highest BCUT2D eigenvalue weighted by Gasteiger charge is 2.10.